The van der Waals surface area contributed by atoms with Crippen LogP contribution in [-0.4, -0.2) is 4.21 Å². The van der Waals surface area contributed by atoms with E-state index in [0.29, 0.717) is 5.75 Å². The maximum Gasteiger partial charge on any atom is 0.0851 e. The molecule has 0 aromatic heterocycles. The highest BCUT2D eigenvalue weighted by Gasteiger charge is 2.04. The van der Waals surface area contributed by atoms with Crippen molar-refractivity contribution in [3.05, 3.63) is 70.8 Å². The summed E-state index contributed by atoms with van der Waals surface area (Å²) >= 11 is 0. The summed E-state index contributed by atoms with van der Waals surface area (Å²) in [5.74, 6) is 1.44. The number of rotatable bonds is 10. The highest BCUT2D eigenvalue weighted by molar-refractivity contribution is 8.68. The standard InChI is InChI=1S/C21H28OS2/c1-3-4-5-6-7-19-12-14-20(15-13-19)16-23-24(22)17-21-10-8-18(2)9-11-21/h8-15H,3-7,16-17H2,1-2H3. The zero-order chi connectivity index (χ0) is 17.2. The molecule has 2 aromatic carbocycles. The number of aryl methyl sites for hydroxylation is 2. The second-order valence-electron chi connectivity index (χ2n) is 6.32. The second-order valence-corrected chi connectivity index (χ2v) is 9.57. The number of hydrogen-bond acceptors (Lipinski definition) is 2. The van der Waals surface area contributed by atoms with Crippen LogP contribution in [0.1, 0.15) is 54.9 Å². The first-order chi connectivity index (χ1) is 11.7. The van der Waals surface area contributed by atoms with Gasteiger partial charge in [-0.1, -0.05) is 91.1 Å². The Morgan fingerprint density at radius 1 is 0.833 bits per heavy atom. The molecule has 0 amide bonds. The molecule has 0 aliphatic heterocycles. The molecule has 1 atom stereocenters. The maximum atomic E-state index is 12.2. The average molecular weight is 361 g/mol. The molecule has 0 fully saturated rings. The molecule has 0 N–H and O–H groups in total. The summed E-state index contributed by atoms with van der Waals surface area (Å²) in [6.45, 7) is 4.32. The molecule has 2 rings (SSSR count). The molecular formula is C21H28OS2. The van der Waals surface area contributed by atoms with Crippen molar-refractivity contribution in [2.24, 2.45) is 0 Å². The summed E-state index contributed by atoms with van der Waals surface area (Å²) in [5, 5.41) is 0. The quantitative estimate of drug-likeness (QED) is 0.370. The van der Waals surface area contributed by atoms with Crippen LogP contribution in [0.2, 0.25) is 0 Å². The maximum absolute atomic E-state index is 12.2. The number of benzene rings is 2. The lowest BCUT2D eigenvalue weighted by molar-refractivity contribution is 0.667. The van der Waals surface area contributed by atoms with E-state index >= 15 is 0 Å². The molecule has 0 aliphatic carbocycles. The van der Waals surface area contributed by atoms with Gasteiger partial charge in [0.25, 0.3) is 0 Å². The molecule has 3 heteroatoms. The Hall–Kier alpha value is -1.06. The van der Waals surface area contributed by atoms with E-state index in [1.54, 1.807) is 0 Å². The fraction of sp³-hybridized carbons (Fsp3) is 0.429. The molecule has 0 heterocycles. The monoisotopic (exact) mass is 360 g/mol. The SMILES string of the molecule is CCCCCCc1ccc(CSS(=O)Cc2ccc(C)cc2)cc1. The van der Waals surface area contributed by atoms with Crippen molar-refractivity contribution in [2.45, 2.75) is 57.5 Å². The topological polar surface area (TPSA) is 17.1 Å². The molecule has 130 valence electrons. The highest BCUT2D eigenvalue weighted by atomic mass is 33.1. The van der Waals surface area contributed by atoms with E-state index < -0.39 is 9.83 Å². The van der Waals surface area contributed by atoms with Crippen LogP contribution < -0.4 is 0 Å². The smallest absolute Gasteiger partial charge is 0.0851 e. The predicted octanol–water partition coefficient (Wildman–Crippen LogP) is 6.21. The fourth-order valence-electron chi connectivity index (χ4n) is 2.55. The molecule has 0 saturated carbocycles. The van der Waals surface area contributed by atoms with Gasteiger partial charge >= 0.3 is 0 Å². The van der Waals surface area contributed by atoms with E-state index in [9.17, 15) is 4.21 Å². The zero-order valence-corrected chi connectivity index (χ0v) is 16.4. The fourth-order valence-corrected chi connectivity index (χ4v) is 5.02. The van der Waals surface area contributed by atoms with Gasteiger partial charge in [0, 0.05) is 5.75 Å². The van der Waals surface area contributed by atoms with Gasteiger partial charge in [-0.15, -0.1) is 0 Å². The van der Waals surface area contributed by atoms with Gasteiger partial charge in [-0.3, -0.25) is 0 Å². The Labute approximate surface area is 153 Å². The van der Waals surface area contributed by atoms with Crippen LogP contribution in [0.3, 0.4) is 0 Å². The zero-order valence-electron chi connectivity index (χ0n) is 14.8. The third-order valence-corrected chi connectivity index (χ3v) is 6.88. The van der Waals surface area contributed by atoms with E-state index in [1.807, 2.05) is 0 Å². The number of unbranched alkanes of at least 4 members (excludes halogenated alkanes) is 3. The van der Waals surface area contributed by atoms with Crippen LogP contribution in [-0.2, 0) is 27.8 Å². The summed E-state index contributed by atoms with van der Waals surface area (Å²) in [6.07, 6.45) is 6.40. The van der Waals surface area contributed by atoms with Crippen molar-refractivity contribution in [1.82, 2.24) is 0 Å². The van der Waals surface area contributed by atoms with Crippen LogP contribution in [0.25, 0.3) is 0 Å². The number of hydrogen-bond donors (Lipinski definition) is 0. The molecule has 0 saturated heterocycles. The van der Waals surface area contributed by atoms with E-state index in [2.05, 4.69) is 62.4 Å². The Bertz CT molecular complexity index is 617. The molecule has 24 heavy (non-hydrogen) atoms. The average Bonchev–Trinajstić information content (AvgIpc) is 2.60. The van der Waals surface area contributed by atoms with E-state index in [-0.39, 0.29) is 0 Å². The first-order valence-corrected chi connectivity index (χ1v) is 11.6. The summed E-state index contributed by atoms with van der Waals surface area (Å²) in [6, 6.07) is 17.1. The van der Waals surface area contributed by atoms with Crippen LogP contribution in [0.4, 0.5) is 0 Å². The van der Waals surface area contributed by atoms with Crippen LogP contribution >= 0.6 is 10.8 Å². The van der Waals surface area contributed by atoms with E-state index in [1.165, 1.54) is 59.6 Å². The largest absolute Gasteiger partial charge is 0.248 e. The van der Waals surface area contributed by atoms with Crippen molar-refractivity contribution in [1.29, 1.82) is 0 Å². The highest BCUT2D eigenvalue weighted by Crippen LogP contribution is 2.20. The van der Waals surface area contributed by atoms with Crippen LogP contribution in [0, 0.1) is 6.92 Å². The molecule has 2 aromatic rings. The van der Waals surface area contributed by atoms with Gasteiger partial charge in [0.1, 0.15) is 0 Å². The third kappa shape index (κ3) is 7.23. The van der Waals surface area contributed by atoms with Gasteiger partial charge in [0.15, 0.2) is 0 Å². The summed E-state index contributed by atoms with van der Waals surface area (Å²) in [5.41, 5.74) is 5.07. The van der Waals surface area contributed by atoms with Gasteiger partial charge in [-0.25, -0.2) is 4.21 Å². The van der Waals surface area contributed by atoms with Gasteiger partial charge < -0.3 is 0 Å². The first kappa shape index (κ1) is 19.3. The van der Waals surface area contributed by atoms with Gasteiger partial charge in [0.2, 0.25) is 0 Å². The Morgan fingerprint density at radius 2 is 1.46 bits per heavy atom. The lowest BCUT2D eigenvalue weighted by Crippen LogP contribution is -1.93. The molecular weight excluding hydrogens is 332 g/mol. The molecule has 1 unspecified atom stereocenters. The Morgan fingerprint density at radius 3 is 2.12 bits per heavy atom. The van der Waals surface area contributed by atoms with Crippen molar-refractivity contribution in [2.75, 3.05) is 0 Å². The summed E-state index contributed by atoms with van der Waals surface area (Å²) in [7, 11) is 0.657. The lowest BCUT2D eigenvalue weighted by atomic mass is 10.1. The molecule has 0 aliphatic rings. The summed E-state index contributed by atoms with van der Waals surface area (Å²) < 4.78 is 12.2. The normalized spacial score (nSPS) is 12.2. The van der Waals surface area contributed by atoms with Crippen LogP contribution in [0.5, 0.6) is 0 Å². The van der Waals surface area contributed by atoms with Gasteiger partial charge in [-0.05, 0) is 36.5 Å². The van der Waals surface area contributed by atoms with Crippen molar-refractivity contribution >= 4 is 20.6 Å². The molecule has 0 radical (unpaired) electrons. The minimum Gasteiger partial charge on any atom is -0.248 e. The van der Waals surface area contributed by atoms with E-state index in [0.717, 1.165) is 11.3 Å². The first-order valence-electron chi connectivity index (χ1n) is 8.82. The predicted molar refractivity (Wildman–Crippen MR) is 109 cm³/mol. The molecule has 1 nitrogen and oxygen atoms in total. The van der Waals surface area contributed by atoms with Crippen molar-refractivity contribution in [3.63, 3.8) is 0 Å². The molecule has 0 spiro atoms. The Balaban J connectivity index is 1.73. The third-order valence-electron chi connectivity index (χ3n) is 4.10. The summed E-state index contributed by atoms with van der Waals surface area (Å²) in [4.78, 5) is 0. The van der Waals surface area contributed by atoms with Gasteiger partial charge in [-0.2, -0.15) is 0 Å². The van der Waals surface area contributed by atoms with Crippen LogP contribution in [0.15, 0.2) is 48.5 Å². The lowest BCUT2D eigenvalue weighted by Gasteiger charge is -2.05. The van der Waals surface area contributed by atoms with Gasteiger partial charge in [0.05, 0.1) is 15.6 Å². The van der Waals surface area contributed by atoms with Crippen molar-refractivity contribution < 1.29 is 4.21 Å². The molecule has 0 bridgehead atoms. The van der Waals surface area contributed by atoms with E-state index in [4.69, 9.17) is 0 Å². The second kappa shape index (κ2) is 10.7. The Kier molecular flexibility index (Phi) is 8.62. The minimum atomic E-state index is -0.874. The van der Waals surface area contributed by atoms with Crippen molar-refractivity contribution in [3.8, 4) is 0 Å². The minimum absolute atomic E-state index is 0.625.